The number of anilines is 1. The minimum absolute atomic E-state index is 0.0294. The van der Waals surface area contributed by atoms with Crippen molar-refractivity contribution >= 4 is 28.2 Å². The average Bonchev–Trinajstić information content (AvgIpc) is 3.31. The van der Waals surface area contributed by atoms with Crippen LogP contribution in [0.3, 0.4) is 0 Å². The molecule has 0 fully saturated rings. The lowest BCUT2D eigenvalue weighted by Crippen LogP contribution is -2.12. The molecule has 0 saturated heterocycles. The van der Waals surface area contributed by atoms with Crippen molar-refractivity contribution in [3.63, 3.8) is 0 Å². The van der Waals surface area contributed by atoms with Crippen LogP contribution in [0.5, 0.6) is 0 Å². The molecule has 1 amide bonds. The highest BCUT2D eigenvalue weighted by Gasteiger charge is 2.22. The predicted molar refractivity (Wildman–Crippen MR) is 106 cm³/mol. The van der Waals surface area contributed by atoms with Crippen molar-refractivity contribution in [1.82, 2.24) is 10.1 Å². The van der Waals surface area contributed by atoms with Crippen LogP contribution in [0.15, 0.2) is 28.8 Å². The molecule has 3 aromatic rings. The topological polar surface area (TPSA) is 118 Å². The molecule has 0 atom stereocenters. The number of ether oxygens (including phenoxy) is 1. The molecule has 3 rings (SSSR count). The normalized spacial score (nSPS) is 10.5. The van der Waals surface area contributed by atoms with Crippen molar-refractivity contribution in [2.24, 2.45) is 0 Å². The van der Waals surface area contributed by atoms with Gasteiger partial charge in [-0.25, -0.2) is 9.18 Å². The maximum absolute atomic E-state index is 13.0. The number of halogens is 1. The number of nitrogens with zero attached hydrogens (tertiary/aromatic N) is 3. The van der Waals surface area contributed by atoms with E-state index in [1.54, 1.807) is 13.8 Å². The Morgan fingerprint density at radius 1 is 1.33 bits per heavy atom. The number of esters is 1. The quantitative estimate of drug-likeness (QED) is 0.568. The summed E-state index contributed by atoms with van der Waals surface area (Å²) in [5.74, 6) is -0.726. The van der Waals surface area contributed by atoms with Crippen LogP contribution in [0, 0.1) is 24.1 Å². The highest BCUT2D eigenvalue weighted by molar-refractivity contribution is 7.18. The second kappa shape index (κ2) is 9.28. The van der Waals surface area contributed by atoms with Gasteiger partial charge in [-0.1, -0.05) is 5.16 Å². The molecule has 0 saturated carbocycles. The SMILES string of the molecule is CCOC(=O)c1sc(NC(=O)CCc2nc(-c3ccc(F)cc3)no2)c(C#N)c1C. The van der Waals surface area contributed by atoms with Gasteiger partial charge in [-0.3, -0.25) is 4.79 Å². The van der Waals surface area contributed by atoms with Gasteiger partial charge in [0.1, 0.15) is 21.8 Å². The number of rotatable bonds is 7. The number of thiophene rings is 1. The number of carbonyl (C=O) groups excluding carboxylic acids is 2. The second-order valence-corrected chi connectivity index (χ2v) is 7.18. The lowest BCUT2D eigenvalue weighted by atomic mass is 10.1. The van der Waals surface area contributed by atoms with Gasteiger partial charge in [0.15, 0.2) is 0 Å². The standard InChI is InChI=1S/C20H17FN4O4S/c1-3-28-20(27)17-11(2)14(10-22)19(30-17)23-15(26)8-9-16-24-18(25-29-16)12-4-6-13(21)7-5-12/h4-7H,3,8-9H2,1-2H3,(H,23,26). The number of hydrogen-bond donors (Lipinski definition) is 1. The summed E-state index contributed by atoms with van der Waals surface area (Å²) in [6.45, 7) is 3.53. The Labute approximate surface area is 175 Å². The van der Waals surface area contributed by atoms with Crippen molar-refractivity contribution in [1.29, 1.82) is 5.26 Å². The van der Waals surface area contributed by atoms with Crippen LogP contribution in [-0.4, -0.2) is 28.6 Å². The minimum Gasteiger partial charge on any atom is -0.462 e. The summed E-state index contributed by atoms with van der Waals surface area (Å²) in [6.07, 6.45) is 0.207. The van der Waals surface area contributed by atoms with Gasteiger partial charge in [-0.15, -0.1) is 11.3 Å². The number of nitriles is 1. The molecule has 0 aliphatic carbocycles. The van der Waals surface area contributed by atoms with Crippen molar-refractivity contribution < 1.29 is 23.2 Å². The number of carbonyl (C=O) groups is 2. The molecular formula is C20H17FN4O4S. The van der Waals surface area contributed by atoms with Crippen molar-refractivity contribution in [2.45, 2.75) is 26.7 Å². The van der Waals surface area contributed by atoms with Gasteiger partial charge in [-0.2, -0.15) is 10.2 Å². The van der Waals surface area contributed by atoms with Crippen LogP contribution in [-0.2, 0) is 16.0 Å². The molecule has 1 aromatic carbocycles. The predicted octanol–water partition coefficient (Wildman–Crippen LogP) is 3.87. The van der Waals surface area contributed by atoms with Gasteiger partial charge in [-0.05, 0) is 43.7 Å². The van der Waals surface area contributed by atoms with Gasteiger partial charge in [0.2, 0.25) is 17.6 Å². The molecule has 2 heterocycles. The van der Waals surface area contributed by atoms with E-state index in [0.29, 0.717) is 22.0 Å². The van der Waals surface area contributed by atoms with Crippen LogP contribution < -0.4 is 5.32 Å². The van der Waals surface area contributed by atoms with E-state index in [1.165, 1.54) is 24.3 Å². The van der Waals surface area contributed by atoms with E-state index in [2.05, 4.69) is 15.5 Å². The summed E-state index contributed by atoms with van der Waals surface area (Å²) in [4.78, 5) is 28.8. The van der Waals surface area contributed by atoms with Crippen molar-refractivity contribution in [2.75, 3.05) is 11.9 Å². The minimum atomic E-state index is -0.531. The fourth-order valence-electron chi connectivity index (χ4n) is 2.61. The van der Waals surface area contributed by atoms with E-state index >= 15 is 0 Å². The third-order valence-corrected chi connectivity index (χ3v) is 5.30. The molecule has 0 aliphatic heterocycles. The molecule has 0 spiro atoms. The van der Waals surface area contributed by atoms with Crippen molar-refractivity contribution in [3.8, 4) is 17.5 Å². The Morgan fingerprint density at radius 3 is 2.73 bits per heavy atom. The van der Waals surface area contributed by atoms with Crippen LogP contribution in [0.1, 0.15) is 40.0 Å². The summed E-state index contributed by atoms with van der Waals surface area (Å²) in [5.41, 5.74) is 1.29. The number of aryl methyl sites for hydroxylation is 1. The Hall–Kier alpha value is -3.58. The Morgan fingerprint density at radius 2 is 2.07 bits per heavy atom. The van der Waals surface area contributed by atoms with Crippen LogP contribution >= 0.6 is 11.3 Å². The van der Waals surface area contributed by atoms with Gasteiger partial charge in [0.05, 0.1) is 12.2 Å². The molecule has 0 bridgehead atoms. The maximum Gasteiger partial charge on any atom is 0.348 e. The van der Waals surface area contributed by atoms with E-state index < -0.39 is 5.97 Å². The summed E-state index contributed by atoms with van der Waals surface area (Å²) < 4.78 is 23.1. The molecule has 1 N–H and O–H groups in total. The number of amides is 1. The van der Waals surface area contributed by atoms with Gasteiger partial charge < -0.3 is 14.6 Å². The second-order valence-electron chi connectivity index (χ2n) is 6.16. The zero-order valence-corrected chi connectivity index (χ0v) is 17.0. The number of nitrogens with one attached hydrogen (secondary N) is 1. The summed E-state index contributed by atoms with van der Waals surface area (Å²) in [7, 11) is 0. The molecule has 0 radical (unpaired) electrons. The number of aromatic nitrogens is 2. The lowest BCUT2D eigenvalue weighted by Gasteiger charge is -2.01. The molecule has 0 unspecified atom stereocenters. The first-order valence-electron chi connectivity index (χ1n) is 9.01. The fraction of sp³-hybridized carbons (Fsp3) is 0.250. The number of hydrogen-bond acceptors (Lipinski definition) is 8. The first-order valence-corrected chi connectivity index (χ1v) is 9.83. The fourth-order valence-corrected chi connectivity index (χ4v) is 3.68. The molecule has 30 heavy (non-hydrogen) atoms. The first-order chi connectivity index (χ1) is 14.4. The van der Waals surface area contributed by atoms with E-state index in [-0.39, 0.29) is 47.5 Å². The zero-order chi connectivity index (χ0) is 21.7. The Kier molecular flexibility index (Phi) is 6.54. The molecule has 10 heteroatoms. The Bertz CT molecular complexity index is 1120. The summed E-state index contributed by atoms with van der Waals surface area (Å²) in [6, 6.07) is 7.64. The van der Waals surface area contributed by atoms with Crippen molar-refractivity contribution in [3.05, 3.63) is 52.0 Å². The summed E-state index contributed by atoms with van der Waals surface area (Å²) >= 11 is 1.00. The molecular weight excluding hydrogens is 411 g/mol. The van der Waals surface area contributed by atoms with E-state index in [9.17, 15) is 19.2 Å². The molecule has 8 nitrogen and oxygen atoms in total. The smallest absolute Gasteiger partial charge is 0.348 e. The van der Waals surface area contributed by atoms with Crippen LogP contribution in [0.2, 0.25) is 0 Å². The third-order valence-electron chi connectivity index (χ3n) is 4.11. The van der Waals surface area contributed by atoms with Gasteiger partial charge in [0, 0.05) is 18.4 Å². The number of benzene rings is 1. The summed E-state index contributed by atoms with van der Waals surface area (Å²) in [5, 5.41) is 16.1. The average molecular weight is 428 g/mol. The molecule has 154 valence electrons. The zero-order valence-electron chi connectivity index (χ0n) is 16.2. The van der Waals surface area contributed by atoms with Gasteiger partial charge in [0.25, 0.3) is 0 Å². The van der Waals surface area contributed by atoms with Gasteiger partial charge >= 0.3 is 5.97 Å². The highest BCUT2D eigenvalue weighted by Crippen LogP contribution is 2.33. The Balaban J connectivity index is 1.64. The van der Waals surface area contributed by atoms with Crippen LogP contribution in [0.25, 0.3) is 11.4 Å². The highest BCUT2D eigenvalue weighted by atomic mass is 32.1. The van der Waals surface area contributed by atoms with E-state index in [0.717, 1.165) is 11.3 Å². The van der Waals surface area contributed by atoms with Crippen LogP contribution in [0.4, 0.5) is 9.39 Å². The van der Waals surface area contributed by atoms with E-state index in [1.807, 2.05) is 6.07 Å². The molecule has 2 aromatic heterocycles. The molecule has 0 aliphatic rings. The monoisotopic (exact) mass is 428 g/mol. The largest absolute Gasteiger partial charge is 0.462 e. The van der Waals surface area contributed by atoms with E-state index in [4.69, 9.17) is 9.26 Å². The lowest BCUT2D eigenvalue weighted by molar-refractivity contribution is -0.116. The third kappa shape index (κ3) is 4.69. The first kappa shape index (κ1) is 21.1. The maximum atomic E-state index is 13.0.